The van der Waals surface area contributed by atoms with E-state index in [2.05, 4.69) is 10.3 Å². The van der Waals surface area contributed by atoms with Gasteiger partial charge in [-0.1, -0.05) is 0 Å². The molecule has 0 saturated carbocycles. The third-order valence-corrected chi connectivity index (χ3v) is 6.52. The predicted molar refractivity (Wildman–Crippen MR) is 116 cm³/mol. The number of thioether (sulfide) groups is 1. The molecule has 0 spiro atoms. The van der Waals surface area contributed by atoms with Crippen molar-refractivity contribution in [1.82, 2.24) is 15.2 Å². The van der Waals surface area contributed by atoms with E-state index in [1.807, 2.05) is 0 Å². The lowest BCUT2D eigenvalue weighted by Crippen LogP contribution is -2.51. The molecule has 1 unspecified atom stereocenters. The molecule has 0 bridgehead atoms. The lowest BCUT2D eigenvalue weighted by molar-refractivity contribution is -0.142. The van der Waals surface area contributed by atoms with Gasteiger partial charge in [0.25, 0.3) is 0 Å². The molecule has 1 aromatic heterocycles. The Bertz CT molecular complexity index is 1040. The fraction of sp³-hybridized carbons (Fsp3) is 0.400. The Balaban J connectivity index is 1.81. The molecule has 3 atom stereocenters. The second-order valence-electron chi connectivity index (χ2n) is 7.45. The van der Waals surface area contributed by atoms with Crippen molar-refractivity contribution in [3.05, 3.63) is 30.0 Å². The number of nitrogens with two attached hydrogens (primary N) is 1. The first-order valence-corrected chi connectivity index (χ1v) is 10.9. The van der Waals surface area contributed by atoms with E-state index in [4.69, 9.17) is 15.9 Å². The van der Waals surface area contributed by atoms with Crippen LogP contribution in [0.4, 0.5) is 0 Å². The summed E-state index contributed by atoms with van der Waals surface area (Å²) in [7, 11) is 0. The maximum Gasteiger partial charge on any atom is 0.322 e. The average molecular weight is 465 g/mol. The minimum absolute atomic E-state index is 0.0908. The van der Waals surface area contributed by atoms with Crippen molar-refractivity contribution in [2.24, 2.45) is 5.73 Å². The van der Waals surface area contributed by atoms with E-state index >= 15 is 0 Å². The highest BCUT2D eigenvalue weighted by Crippen LogP contribution is 2.34. The van der Waals surface area contributed by atoms with Crippen LogP contribution < -0.4 is 11.1 Å². The van der Waals surface area contributed by atoms with E-state index in [1.54, 1.807) is 24.4 Å². The number of carboxylic acids is 2. The van der Waals surface area contributed by atoms with Gasteiger partial charge in [0.1, 0.15) is 24.4 Å². The SMILES string of the molecule is NC(CCC(=O)N1[C@@H](Cc2c[nH]c3ccc(O)cc23)SC[C@H]1C(=O)NCC(=O)O)C(=O)O. The average Bonchev–Trinajstić information content (AvgIpc) is 3.34. The number of fused-ring (bicyclic) bond motifs is 1. The topological polar surface area (TPSA) is 186 Å². The fourth-order valence-corrected chi connectivity index (χ4v) is 5.03. The van der Waals surface area contributed by atoms with Gasteiger partial charge in [0.2, 0.25) is 11.8 Å². The van der Waals surface area contributed by atoms with Gasteiger partial charge in [-0.25, -0.2) is 0 Å². The summed E-state index contributed by atoms with van der Waals surface area (Å²) < 4.78 is 0. The van der Waals surface area contributed by atoms with E-state index < -0.39 is 47.8 Å². The van der Waals surface area contributed by atoms with Crippen LogP contribution in [0.3, 0.4) is 0 Å². The van der Waals surface area contributed by atoms with E-state index in [0.29, 0.717) is 6.42 Å². The van der Waals surface area contributed by atoms with Gasteiger partial charge in [-0.05, 0) is 30.2 Å². The summed E-state index contributed by atoms with van der Waals surface area (Å²) >= 11 is 1.37. The summed E-state index contributed by atoms with van der Waals surface area (Å²) in [6.07, 6.45) is 1.88. The molecular formula is C20H24N4O7S. The molecule has 12 heteroatoms. The molecule has 1 aliphatic rings. The summed E-state index contributed by atoms with van der Waals surface area (Å²) in [5.41, 5.74) is 7.15. The van der Waals surface area contributed by atoms with Crippen molar-refractivity contribution in [1.29, 1.82) is 0 Å². The van der Waals surface area contributed by atoms with Gasteiger partial charge in [0, 0.05) is 35.7 Å². The Kier molecular flexibility index (Phi) is 7.26. The molecule has 1 aliphatic heterocycles. The molecule has 7 N–H and O–H groups in total. The van der Waals surface area contributed by atoms with Gasteiger partial charge in [-0.3, -0.25) is 19.2 Å². The highest BCUT2D eigenvalue weighted by Gasteiger charge is 2.41. The number of aliphatic carboxylic acids is 2. The fourth-order valence-electron chi connectivity index (χ4n) is 3.59. The quantitative estimate of drug-likeness (QED) is 0.299. The Morgan fingerprint density at radius 3 is 2.72 bits per heavy atom. The number of rotatable bonds is 9. The summed E-state index contributed by atoms with van der Waals surface area (Å²) in [5, 5.41) is 30.3. The van der Waals surface area contributed by atoms with Crippen molar-refractivity contribution < 1.29 is 34.5 Å². The molecule has 1 saturated heterocycles. The van der Waals surface area contributed by atoms with Crippen LogP contribution in [0.25, 0.3) is 10.9 Å². The molecule has 0 radical (unpaired) electrons. The van der Waals surface area contributed by atoms with E-state index in [1.165, 1.54) is 16.7 Å². The first kappa shape index (κ1) is 23.4. The van der Waals surface area contributed by atoms with E-state index in [9.17, 15) is 24.3 Å². The molecule has 2 aromatic rings. The maximum absolute atomic E-state index is 13.0. The number of hydrogen-bond donors (Lipinski definition) is 6. The summed E-state index contributed by atoms with van der Waals surface area (Å²) in [6, 6.07) is 2.79. The Labute approximate surface area is 186 Å². The zero-order chi connectivity index (χ0) is 23.4. The van der Waals surface area contributed by atoms with Gasteiger partial charge in [0.15, 0.2) is 0 Å². The van der Waals surface area contributed by atoms with Crippen LogP contribution in [0.2, 0.25) is 0 Å². The van der Waals surface area contributed by atoms with Gasteiger partial charge >= 0.3 is 11.9 Å². The van der Waals surface area contributed by atoms with Crippen molar-refractivity contribution >= 4 is 46.4 Å². The third-order valence-electron chi connectivity index (χ3n) is 5.23. The van der Waals surface area contributed by atoms with Gasteiger partial charge in [-0.2, -0.15) is 0 Å². The van der Waals surface area contributed by atoms with Gasteiger partial charge in [-0.15, -0.1) is 11.8 Å². The van der Waals surface area contributed by atoms with E-state index in [0.717, 1.165) is 16.5 Å². The first-order chi connectivity index (χ1) is 15.2. The number of carboxylic acid groups (broad SMARTS) is 2. The molecular weight excluding hydrogens is 440 g/mol. The molecule has 32 heavy (non-hydrogen) atoms. The van der Waals surface area contributed by atoms with Crippen LogP contribution >= 0.6 is 11.8 Å². The number of phenols is 1. The third kappa shape index (κ3) is 5.32. The molecule has 2 heterocycles. The number of aromatic nitrogens is 1. The molecule has 2 amide bonds. The number of phenolic OH excluding ortho intramolecular Hbond substituents is 1. The van der Waals surface area contributed by atoms with Crippen LogP contribution in [0.15, 0.2) is 24.4 Å². The van der Waals surface area contributed by atoms with Crippen LogP contribution in [0.1, 0.15) is 18.4 Å². The minimum Gasteiger partial charge on any atom is -0.508 e. The van der Waals surface area contributed by atoms with Crippen molar-refractivity contribution in [2.45, 2.75) is 36.7 Å². The largest absolute Gasteiger partial charge is 0.508 e. The molecule has 0 aliphatic carbocycles. The second-order valence-corrected chi connectivity index (χ2v) is 8.66. The Morgan fingerprint density at radius 2 is 2.03 bits per heavy atom. The van der Waals surface area contributed by atoms with Gasteiger partial charge < -0.3 is 36.3 Å². The standard InChI is InChI=1S/C20H24N4O7S/c21-13(20(30)31)2-4-16(26)24-15(19(29)23-8-18(27)28)9-32-17(24)5-10-7-22-14-3-1-11(25)6-12(10)14/h1,3,6-7,13,15,17,22,25H,2,4-5,8-9,21H2,(H,23,29)(H,27,28)(H,30,31)/t13?,15-,17+/m0/s1. The van der Waals surface area contributed by atoms with Crippen molar-refractivity contribution in [3.8, 4) is 5.75 Å². The first-order valence-electron chi connectivity index (χ1n) is 9.87. The van der Waals surface area contributed by atoms with Crippen molar-refractivity contribution in [2.75, 3.05) is 12.3 Å². The monoisotopic (exact) mass is 464 g/mol. The van der Waals surface area contributed by atoms with Crippen LogP contribution in [0.5, 0.6) is 5.75 Å². The zero-order valence-corrected chi connectivity index (χ0v) is 17.8. The van der Waals surface area contributed by atoms with Crippen LogP contribution in [-0.4, -0.2) is 78.7 Å². The predicted octanol–water partition coefficient (Wildman–Crippen LogP) is 0.0790. The minimum atomic E-state index is -1.22. The molecule has 3 rings (SSSR count). The summed E-state index contributed by atoms with van der Waals surface area (Å²) in [4.78, 5) is 51.9. The van der Waals surface area contributed by atoms with Crippen LogP contribution in [-0.2, 0) is 25.6 Å². The molecule has 11 nitrogen and oxygen atoms in total. The molecule has 1 fully saturated rings. The molecule has 172 valence electrons. The number of H-pyrrole nitrogens is 1. The van der Waals surface area contributed by atoms with E-state index in [-0.39, 0.29) is 24.3 Å². The Hall–Kier alpha value is -3.25. The van der Waals surface area contributed by atoms with Crippen LogP contribution in [0, 0.1) is 0 Å². The summed E-state index contributed by atoms with van der Waals surface area (Å²) in [5.74, 6) is -3.09. The number of nitrogens with zero attached hydrogens (tertiary/aromatic N) is 1. The number of amides is 2. The highest BCUT2D eigenvalue weighted by atomic mass is 32.2. The smallest absolute Gasteiger partial charge is 0.322 e. The van der Waals surface area contributed by atoms with Gasteiger partial charge in [0.05, 0.1) is 5.37 Å². The second kappa shape index (κ2) is 9.92. The number of hydrogen-bond acceptors (Lipinski definition) is 7. The zero-order valence-electron chi connectivity index (χ0n) is 17.0. The normalized spacial score (nSPS) is 19.1. The number of carbonyl (C=O) groups excluding carboxylic acids is 2. The highest BCUT2D eigenvalue weighted by molar-refractivity contribution is 8.00. The maximum atomic E-state index is 13.0. The summed E-state index contributed by atoms with van der Waals surface area (Å²) in [6.45, 7) is -0.571. The molecule has 1 aromatic carbocycles. The van der Waals surface area contributed by atoms with Crippen molar-refractivity contribution in [3.63, 3.8) is 0 Å². The lowest BCUT2D eigenvalue weighted by Gasteiger charge is -2.29. The number of benzene rings is 1. The number of carbonyl (C=O) groups is 4. The number of aromatic amines is 1. The Morgan fingerprint density at radius 1 is 1.28 bits per heavy atom. The number of aromatic hydroxyl groups is 1. The lowest BCUT2D eigenvalue weighted by atomic mass is 10.1. The number of nitrogens with one attached hydrogen (secondary N) is 2.